The highest BCUT2D eigenvalue weighted by molar-refractivity contribution is 5.97. The Labute approximate surface area is 99.3 Å². The summed E-state index contributed by atoms with van der Waals surface area (Å²) in [4.78, 5) is 11.9. The van der Waals surface area contributed by atoms with Crippen LogP contribution in [0.25, 0.3) is 11.1 Å². The molecule has 2 rings (SSSR count). The van der Waals surface area contributed by atoms with Crippen molar-refractivity contribution in [2.24, 2.45) is 7.05 Å². The minimum absolute atomic E-state index is 0.0880. The van der Waals surface area contributed by atoms with Crippen molar-refractivity contribution in [2.45, 2.75) is 6.42 Å². The molecule has 0 aromatic carbocycles. The van der Waals surface area contributed by atoms with Gasteiger partial charge < -0.3 is 19.0 Å². The van der Waals surface area contributed by atoms with Gasteiger partial charge in [-0.05, 0) is 6.42 Å². The maximum absolute atomic E-state index is 11.9. The Bertz CT molecular complexity index is 513. The van der Waals surface area contributed by atoms with E-state index >= 15 is 0 Å². The Kier molecular flexibility index (Phi) is 3.49. The third kappa shape index (κ3) is 2.34. The van der Waals surface area contributed by atoms with Crippen molar-refractivity contribution in [3.8, 4) is 0 Å². The first-order chi connectivity index (χ1) is 8.24. The molecule has 92 valence electrons. The molecule has 0 unspecified atom stereocenters. The zero-order chi connectivity index (χ0) is 12.3. The number of fused-ring (bicyclic) bond motifs is 1. The molecule has 0 saturated heterocycles. The molecule has 0 aliphatic rings. The summed E-state index contributed by atoms with van der Waals surface area (Å²) in [6.45, 7) is 1.26. The first-order valence-corrected chi connectivity index (χ1v) is 5.54. The third-order valence-electron chi connectivity index (χ3n) is 2.71. The molecule has 17 heavy (non-hydrogen) atoms. The van der Waals surface area contributed by atoms with E-state index in [2.05, 4.69) is 5.32 Å². The van der Waals surface area contributed by atoms with Crippen LogP contribution in [0.3, 0.4) is 0 Å². The van der Waals surface area contributed by atoms with E-state index in [9.17, 15) is 4.79 Å². The fourth-order valence-corrected chi connectivity index (χ4v) is 1.78. The Morgan fingerprint density at radius 1 is 1.59 bits per heavy atom. The highest BCUT2D eigenvalue weighted by atomic mass is 16.5. The highest BCUT2D eigenvalue weighted by Crippen LogP contribution is 2.19. The molecule has 2 heterocycles. The average molecular weight is 236 g/mol. The molecule has 0 fully saturated rings. The normalized spacial score (nSPS) is 10.9. The number of rotatable bonds is 5. The van der Waals surface area contributed by atoms with Crippen LogP contribution in [0, 0.1) is 0 Å². The molecule has 1 amide bonds. The van der Waals surface area contributed by atoms with E-state index < -0.39 is 0 Å². The minimum atomic E-state index is -0.0880. The number of nitrogens with zero attached hydrogens (tertiary/aromatic N) is 1. The van der Waals surface area contributed by atoms with E-state index in [0.717, 1.165) is 17.5 Å². The maximum Gasteiger partial charge on any atom is 0.268 e. The number of aryl methyl sites for hydroxylation is 1. The van der Waals surface area contributed by atoms with E-state index in [0.29, 0.717) is 18.8 Å². The Morgan fingerprint density at radius 3 is 3.12 bits per heavy atom. The van der Waals surface area contributed by atoms with Gasteiger partial charge >= 0.3 is 0 Å². The quantitative estimate of drug-likeness (QED) is 0.801. The van der Waals surface area contributed by atoms with Gasteiger partial charge in [-0.3, -0.25) is 4.79 Å². The number of ether oxygens (including phenoxy) is 1. The SMILES string of the molecule is COCCCNC(=O)c1cc2occc2n1C. The largest absolute Gasteiger partial charge is 0.463 e. The van der Waals surface area contributed by atoms with Gasteiger partial charge in [0.15, 0.2) is 5.58 Å². The summed E-state index contributed by atoms with van der Waals surface area (Å²) in [6.07, 6.45) is 2.42. The number of nitrogens with one attached hydrogen (secondary N) is 1. The van der Waals surface area contributed by atoms with Gasteiger partial charge in [-0.25, -0.2) is 0 Å². The van der Waals surface area contributed by atoms with Crippen LogP contribution in [-0.2, 0) is 11.8 Å². The van der Waals surface area contributed by atoms with Crippen molar-refractivity contribution in [1.29, 1.82) is 0 Å². The molecule has 5 nitrogen and oxygen atoms in total. The Hall–Kier alpha value is -1.75. The van der Waals surface area contributed by atoms with Crippen LogP contribution in [0.5, 0.6) is 0 Å². The van der Waals surface area contributed by atoms with Gasteiger partial charge in [-0.15, -0.1) is 0 Å². The summed E-state index contributed by atoms with van der Waals surface area (Å²) in [6, 6.07) is 3.60. The first-order valence-electron chi connectivity index (χ1n) is 5.54. The van der Waals surface area contributed by atoms with E-state index in [-0.39, 0.29) is 5.91 Å². The second-order valence-corrected chi connectivity index (χ2v) is 3.86. The predicted molar refractivity (Wildman–Crippen MR) is 64.0 cm³/mol. The summed E-state index contributed by atoms with van der Waals surface area (Å²) < 4.78 is 12.0. The second kappa shape index (κ2) is 5.05. The van der Waals surface area contributed by atoms with Crippen molar-refractivity contribution in [1.82, 2.24) is 9.88 Å². The summed E-state index contributed by atoms with van der Waals surface area (Å²) in [5, 5.41) is 2.84. The van der Waals surface area contributed by atoms with Crippen LogP contribution in [-0.4, -0.2) is 30.7 Å². The smallest absolute Gasteiger partial charge is 0.268 e. The van der Waals surface area contributed by atoms with Gasteiger partial charge in [0.25, 0.3) is 5.91 Å². The number of furan rings is 1. The molecule has 0 bridgehead atoms. The van der Waals surface area contributed by atoms with Gasteiger partial charge in [0, 0.05) is 39.4 Å². The van der Waals surface area contributed by atoms with Crippen LogP contribution < -0.4 is 5.32 Å². The lowest BCUT2D eigenvalue weighted by Crippen LogP contribution is -2.26. The zero-order valence-electron chi connectivity index (χ0n) is 10.0. The van der Waals surface area contributed by atoms with E-state index in [4.69, 9.17) is 9.15 Å². The maximum atomic E-state index is 11.9. The molecule has 2 aromatic rings. The number of amides is 1. The van der Waals surface area contributed by atoms with E-state index in [1.54, 1.807) is 19.4 Å². The van der Waals surface area contributed by atoms with Crippen molar-refractivity contribution >= 4 is 17.0 Å². The lowest BCUT2D eigenvalue weighted by molar-refractivity contribution is 0.0941. The highest BCUT2D eigenvalue weighted by Gasteiger charge is 2.14. The molecule has 2 aromatic heterocycles. The Balaban J connectivity index is 2.03. The lowest BCUT2D eigenvalue weighted by atomic mass is 10.3. The average Bonchev–Trinajstić information content (AvgIpc) is 2.88. The van der Waals surface area contributed by atoms with E-state index in [1.165, 1.54) is 0 Å². The number of hydrogen-bond acceptors (Lipinski definition) is 3. The topological polar surface area (TPSA) is 56.4 Å². The predicted octanol–water partition coefficient (Wildman–Crippen LogP) is 1.54. The molecule has 0 aliphatic carbocycles. The van der Waals surface area contributed by atoms with Gasteiger partial charge in [-0.2, -0.15) is 0 Å². The van der Waals surface area contributed by atoms with Crippen molar-refractivity contribution < 1.29 is 13.9 Å². The number of aromatic nitrogens is 1. The molecular weight excluding hydrogens is 220 g/mol. The number of hydrogen-bond donors (Lipinski definition) is 1. The fourth-order valence-electron chi connectivity index (χ4n) is 1.78. The summed E-state index contributed by atoms with van der Waals surface area (Å²) in [5.41, 5.74) is 2.26. The first kappa shape index (κ1) is 11.7. The van der Waals surface area contributed by atoms with Crippen LogP contribution >= 0.6 is 0 Å². The molecule has 5 heteroatoms. The summed E-state index contributed by atoms with van der Waals surface area (Å²) in [7, 11) is 3.50. The number of carbonyl (C=O) groups is 1. The van der Waals surface area contributed by atoms with E-state index in [1.807, 2.05) is 17.7 Å². The van der Waals surface area contributed by atoms with Crippen molar-refractivity contribution in [3.63, 3.8) is 0 Å². The van der Waals surface area contributed by atoms with Crippen molar-refractivity contribution in [2.75, 3.05) is 20.3 Å². The molecule has 0 spiro atoms. The van der Waals surface area contributed by atoms with Gasteiger partial charge in [0.1, 0.15) is 5.69 Å². The van der Waals surface area contributed by atoms with Gasteiger partial charge in [-0.1, -0.05) is 0 Å². The summed E-state index contributed by atoms with van der Waals surface area (Å²) in [5.74, 6) is -0.0880. The minimum Gasteiger partial charge on any atom is -0.463 e. The zero-order valence-corrected chi connectivity index (χ0v) is 10.0. The molecule has 0 atom stereocenters. The monoisotopic (exact) mass is 236 g/mol. The summed E-state index contributed by atoms with van der Waals surface area (Å²) >= 11 is 0. The second-order valence-electron chi connectivity index (χ2n) is 3.86. The standard InChI is InChI=1S/C12H16N2O3/c1-14-9-4-7-17-11(9)8-10(14)12(15)13-5-3-6-16-2/h4,7-8H,3,5-6H2,1-2H3,(H,13,15). The van der Waals surface area contributed by atoms with Gasteiger partial charge in [0.05, 0.1) is 11.8 Å². The fraction of sp³-hybridized carbons (Fsp3) is 0.417. The lowest BCUT2D eigenvalue weighted by Gasteiger charge is -2.05. The van der Waals surface area contributed by atoms with Gasteiger partial charge in [0.2, 0.25) is 0 Å². The molecule has 0 saturated carbocycles. The molecule has 1 N–H and O–H groups in total. The number of methoxy groups -OCH3 is 1. The molecule has 0 aliphatic heterocycles. The Morgan fingerprint density at radius 2 is 2.41 bits per heavy atom. The van der Waals surface area contributed by atoms with Crippen LogP contribution in [0.2, 0.25) is 0 Å². The molecular formula is C12H16N2O3. The van der Waals surface area contributed by atoms with Crippen molar-refractivity contribution in [3.05, 3.63) is 24.1 Å². The van der Waals surface area contributed by atoms with Crippen LogP contribution in [0.15, 0.2) is 22.8 Å². The van der Waals surface area contributed by atoms with Crippen LogP contribution in [0.4, 0.5) is 0 Å². The number of carbonyl (C=O) groups excluding carboxylic acids is 1. The molecule has 0 radical (unpaired) electrons. The third-order valence-corrected chi connectivity index (χ3v) is 2.71. The van der Waals surface area contributed by atoms with Crippen LogP contribution in [0.1, 0.15) is 16.9 Å².